The van der Waals surface area contributed by atoms with Crippen molar-refractivity contribution in [2.45, 2.75) is 26.3 Å². The normalized spacial score (nSPS) is 11.5. The summed E-state index contributed by atoms with van der Waals surface area (Å²) in [6.45, 7) is 5.48. The van der Waals surface area contributed by atoms with Crippen molar-refractivity contribution in [3.8, 4) is 0 Å². The van der Waals surface area contributed by atoms with Crippen LogP contribution in [0.15, 0.2) is 30.5 Å². The molecule has 1 heterocycles. The molecule has 1 N–H and O–H groups in total. The van der Waals surface area contributed by atoms with E-state index in [0.717, 1.165) is 13.0 Å². The molecule has 0 aliphatic carbocycles. The van der Waals surface area contributed by atoms with Crippen LogP contribution in [-0.2, 0) is 6.42 Å². The van der Waals surface area contributed by atoms with Crippen molar-refractivity contribution in [3.63, 3.8) is 0 Å². The van der Waals surface area contributed by atoms with E-state index in [1.54, 1.807) is 0 Å². The van der Waals surface area contributed by atoms with Gasteiger partial charge in [-0.2, -0.15) is 0 Å². The second-order valence-corrected chi connectivity index (χ2v) is 4.56. The molecule has 0 amide bonds. The highest BCUT2D eigenvalue weighted by molar-refractivity contribution is 5.81. The van der Waals surface area contributed by atoms with Crippen LogP contribution in [0.4, 0.5) is 0 Å². The SMILES string of the molecule is CNCCc1ccc2ccn(C(C)C)c2c1. The maximum absolute atomic E-state index is 3.19. The number of likely N-dealkylation sites (N-methyl/N-ethyl adjacent to an activating group) is 1. The first-order valence-electron chi connectivity index (χ1n) is 5.96. The fraction of sp³-hybridized carbons (Fsp3) is 0.429. The van der Waals surface area contributed by atoms with E-state index < -0.39 is 0 Å². The van der Waals surface area contributed by atoms with Crippen LogP contribution >= 0.6 is 0 Å². The predicted octanol–water partition coefficient (Wildman–Crippen LogP) is 2.98. The summed E-state index contributed by atoms with van der Waals surface area (Å²) in [5.74, 6) is 0. The highest BCUT2D eigenvalue weighted by Crippen LogP contribution is 2.21. The summed E-state index contributed by atoms with van der Waals surface area (Å²) in [7, 11) is 2.00. The van der Waals surface area contributed by atoms with Crippen molar-refractivity contribution in [1.82, 2.24) is 9.88 Å². The van der Waals surface area contributed by atoms with E-state index in [1.807, 2.05) is 7.05 Å². The molecule has 0 radical (unpaired) electrons. The summed E-state index contributed by atoms with van der Waals surface area (Å²) < 4.78 is 2.33. The minimum Gasteiger partial charge on any atom is -0.345 e. The third kappa shape index (κ3) is 2.12. The third-order valence-corrected chi connectivity index (χ3v) is 3.01. The van der Waals surface area contributed by atoms with Crippen molar-refractivity contribution in [1.29, 1.82) is 0 Å². The van der Waals surface area contributed by atoms with E-state index in [1.165, 1.54) is 16.5 Å². The van der Waals surface area contributed by atoms with Crippen LogP contribution in [0, 0.1) is 0 Å². The number of benzene rings is 1. The Balaban J connectivity index is 2.38. The summed E-state index contributed by atoms with van der Waals surface area (Å²) in [6.07, 6.45) is 3.27. The molecule has 1 aromatic carbocycles. The molecule has 0 bridgehead atoms. The fourth-order valence-electron chi connectivity index (χ4n) is 2.07. The molecule has 0 atom stereocenters. The zero-order chi connectivity index (χ0) is 11.5. The Kier molecular flexibility index (Phi) is 3.30. The molecule has 0 aliphatic rings. The van der Waals surface area contributed by atoms with Crippen molar-refractivity contribution >= 4 is 10.9 Å². The summed E-state index contributed by atoms with van der Waals surface area (Å²) in [5.41, 5.74) is 2.76. The molecular formula is C14H20N2. The number of nitrogens with one attached hydrogen (secondary N) is 1. The van der Waals surface area contributed by atoms with Gasteiger partial charge in [0.15, 0.2) is 0 Å². The minimum absolute atomic E-state index is 0.525. The first-order valence-corrected chi connectivity index (χ1v) is 5.96. The zero-order valence-electron chi connectivity index (χ0n) is 10.3. The maximum atomic E-state index is 3.19. The first kappa shape index (κ1) is 11.2. The van der Waals surface area contributed by atoms with Crippen molar-refractivity contribution in [2.75, 3.05) is 13.6 Å². The lowest BCUT2D eigenvalue weighted by Crippen LogP contribution is -2.10. The second-order valence-electron chi connectivity index (χ2n) is 4.56. The number of aromatic nitrogens is 1. The van der Waals surface area contributed by atoms with E-state index in [2.05, 4.69) is 54.2 Å². The highest BCUT2D eigenvalue weighted by Gasteiger charge is 2.04. The number of hydrogen-bond donors (Lipinski definition) is 1. The van der Waals surface area contributed by atoms with Crippen molar-refractivity contribution in [3.05, 3.63) is 36.0 Å². The molecule has 86 valence electrons. The van der Waals surface area contributed by atoms with E-state index in [9.17, 15) is 0 Å². The molecule has 1 aromatic heterocycles. The molecule has 0 saturated heterocycles. The van der Waals surface area contributed by atoms with Gasteiger partial charge < -0.3 is 9.88 Å². The Morgan fingerprint density at radius 2 is 2.06 bits per heavy atom. The van der Waals surface area contributed by atoms with E-state index >= 15 is 0 Å². The molecule has 0 spiro atoms. The molecule has 2 nitrogen and oxygen atoms in total. The molecular weight excluding hydrogens is 196 g/mol. The molecule has 0 aliphatic heterocycles. The van der Waals surface area contributed by atoms with Crippen LogP contribution in [-0.4, -0.2) is 18.2 Å². The largest absolute Gasteiger partial charge is 0.345 e. The number of rotatable bonds is 4. The Labute approximate surface area is 97.3 Å². The fourth-order valence-corrected chi connectivity index (χ4v) is 2.07. The number of hydrogen-bond acceptors (Lipinski definition) is 1. The topological polar surface area (TPSA) is 17.0 Å². The average molecular weight is 216 g/mol. The average Bonchev–Trinajstić information content (AvgIpc) is 2.69. The number of fused-ring (bicyclic) bond motifs is 1. The molecule has 0 saturated carbocycles. The lowest BCUT2D eigenvalue weighted by atomic mass is 10.1. The highest BCUT2D eigenvalue weighted by atomic mass is 15.0. The van der Waals surface area contributed by atoms with Crippen LogP contribution in [0.1, 0.15) is 25.5 Å². The standard InChI is InChI=1S/C14H20N2/c1-11(2)16-9-7-13-5-4-12(6-8-15-3)10-14(13)16/h4-5,7,9-11,15H,6,8H2,1-3H3. The molecule has 2 heteroatoms. The Morgan fingerprint density at radius 1 is 1.25 bits per heavy atom. The van der Waals surface area contributed by atoms with Crippen LogP contribution < -0.4 is 5.32 Å². The van der Waals surface area contributed by atoms with Gasteiger partial charge in [-0.25, -0.2) is 0 Å². The second kappa shape index (κ2) is 4.71. The molecule has 0 fully saturated rings. The lowest BCUT2D eigenvalue weighted by molar-refractivity contribution is 0.622. The summed E-state index contributed by atoms with van der Waals surface area (Å²) in [4.78, 5) is 0. The smallest absolute Gasteiger partial charge is 0.0485 e. The van der Waals surface area contributed by atoms with Gasteiger partial charge in [-0.1, -0.05) is 12.1 Å². The first-order chi connectivity index (χ1) is 7.72. The van der Waals surface area contributed by atoms with E-state index in [-0.39, 0.29) is 0 Å². The Bertz CT molecular complexity index is 469. The molecule has 2 rings (SSSR count). The van der Waals surface area contributed by atoms with Gasteiger partial charge in [0.1, 0.15) is 0 Å². The van der Waals surface area contributed by atoms with Crippen LogP contribution in [0.25, 0.3) is 10.9 Å². The minimum atomic E-state index is 0.525. The van der Waals surface area contributed by atoms with E-state index in [0.29, 0.717) is 6.04 Å². The van der Waals surface area contributed by atoms with Crippen LogP contribution in [0.5, 0.6) is 0 Å². The van der Waals surface area contributed by atoms with Crippen LogP contribution in [0.3, 0.4) is 0 Å². The maximum Gasteiger partial charge on any atom is 0.0485 e. The molecule has 0 unspecified atom stereocenters. The summed E-state index contributed by atoms with van der Waals surface area (Å²) >= 11 is 0. The monoisotopic (exact) mass is 216 g/mol. The van der Waals surface area contributed by atoms with Gasteiger partial charge in [-0.05, 0) is 56.9 Å². The van der Waals surface area contributed by atoms with Gasteiger partial charge in [0.2, 0.25) is 0 Å². The molecule has 2 aromatic rings. The van der Waals surface area contributed by atoms with Gasteiger partial charge >= 0.3 is 0 Å². The quantitative estimate of drug-likeness (QED) is 0.831. The van der Waals surface area contributed by atoms with Crippen molar-refractivity contribution in [2.24, 2.45) is 0 Å². The Hall–Kier alpha value is -1.28. The van der Waals surface area contributed by atoms with Gasteiger partial charge in [0.05, 0.1) is 0 Å². The van der Waals surface area contributed by atoms with Crippen molar-refractivity contribution < 1.29 is 0 Å². The lowest BCUT2D eigenvalue weighted by Gasteiger charge is -2.10. The summed E-state index contributed by atoms with van der Waals surface area (Å²) in [5, 5.41) is 4.52. The van der Waals surface area contributed by atoms with Gasteiger partial charge in [0.25, 0.3) is 0 Å². The summed E-state index contributed by atoms with van der Waals surface area (Å²) in [6, 6.07) is 9.48. The van der Waals surface area contributed by atoms with Gasteiger partial charge in [-0.3, -0.25) is 0 Å². The number of nitrogens with zero attached hydrogens (tertiary/aromatic N) is 1. The third-order valence-electron chi connectivity index (χ3n) is 3.01. The predicted molar refractivity (Wildman–Crippen MR) is 70.0 cm³/mol. The Morgan fingerprint density at radius 3 is 2.75 bits per heavy atom. The van der Waals surface area contributed by atoms with E-state index in [4.69, 9.17) is 0 Å². The van der Waals surface area contributed by atoms with Crippen LogP contribution in [0.2, 0.25) is 0 Å². The van der Waals surface area contributed by atoms with Gasteiger partial charge in [0, 0.05) is 17.8 Å². The molecule has 16 heavy (non-hydrogen) atoms. The zero-order valence-corrected chi connectivity index (χ0v) is 10.3. The van der Waals surface area contributed by atoms with Gasteiger partial charge in [-0.15, -0.1) is 0 Å².